The largest absolute Gasteiger partial charge is 0.340 e. The molecule has 17 heavy (non-hydrogen) atoms. The molecule has 0 atom stereocenters. The summed E-state index contributed by atoms with van der Waals surface area (Å²) in [6, 6.07) is 18.8. The predicted molar refractivity (Wildman–Crippen MR) is 73.7 cm³/mol. The number of hydrogen-bond donors (Lipinski definition) is 1. The van der Waals surface area contributed by atoms with Crippen molar-refractivity contribution in [2.45, 2.75) is 6.92 Å². The fourth-order valence-electron chi connectivity index (χ4n) is 1.94. The summed E-state index contributed by atoms with van der Waals surface area (Å²) in [5, 5.41) is 0. The normalized spacial score (nSPS) is 10.2. The summed E-state index contributed by atoms with van der Waals surface area (Å²) in [7, 11) is 0. The highest BCUT2D eigenvalue weighted by molar-refractivity contribution is 5.63. The highest BCUT2D eigenvalue weighted by Gasteiger charge is 2.07. The highest BCUT2D eigenvalue weighted by Crippen LogP contribution is 2.25. The SMILES string of the molecule is Cc1cccc(N(CCN)c2ccccc2)c1. The lowest BCUT2D eigenvalue weighted by Gasteiger charge is -2.24. The molecule has 0 saturated heterocycles. The Labute approximate surface area is 103 Å². The topological polar surface area (TPSA) is 29.3 Å². The van der Waals surface area contributed by atoms with Gasteiger partial charge in [-0.2, -0.15) is 0 Å². The second kappa shape index (κ2) is 5.51. The first-order valence-corrected chi connectivity index (χ1v) is 5.90. The summed E-state index contributed by atoms with van der Waals surface area (Å²) in [4.78, 5) is 2.24. The highest BCUT2D eigenvalue weighted by atomic mass is 15.1. The molecular formula is C15H18N2. The molecule has 2 heteroatoms. The first-order valence-electron chi connectivity index (χ1n) is 5.90. The zero-order chi connectivity index (χ0) is 12.1. The molecule has 2 aromatic rings. The van der Waals surface area contributed by atoms with Crippen LogP contribution >= 0.6 is 0 Å². The molecule has 2 nitrogen and oxygen atoms in total. The average Bonchev–Trinajstić information content (AvgIpc) is 2.37. The van der Waals surface area contributed by atoms with Gasteiger partial charge in [-0.05, 0) is 36.8 Å². The molecule has 2 rings (SSSR count). The van der Waals surface area contributed by atoms with Crippen LogP contribution in [-0.4, -0.2) is 13.1 Å². The van der Waals surface area contributed by atoms with Crippen LogP contribution in [0.1, 0.15) is 5.56 Å². The van der Waals surface area contributed by atoms with E-state index in [0.29, 0.717) is 6.54 Å². The lowest BCUT2D eigenvalue weighted by molar-refractivity contribution is 0.922. The molecule has 0 aliphatic carbocycles. The minimum Gasteiger partial charge on any atom is -0.340 e. The quantitative estimate of drug-likeness (QED) is 0.868. The van der Waals surface area contributed by atoms with Gasteiger partial charge in [-0.25, -0.2) is 0 Å². The fraction of sp³-hybridized carbons (Fsp3) is 0.200. The summed E-state index contributed by atoms with van der Waals surface area (Å²) in [5.41, 5.74) is 9.34. The number of hydrogen-bond acceptors (Lipinski definition) is 2. The van der Waals surface area contributed by atoms with Crippen molar-refractivity contribution in [1.29, 1.82) is 0 Å². The van der Waals surface area contributed by atoms with Crippen LogP contribution in [0.3, 0.4) is 0 Å². The Bertz CT molecular complexity index is 465. The van der Waals surface area contributed by atoms with Crippen LogP contribution < -0.4 is 10.6 Å². The Morgan fingerprint density at radius 1 is 0.941 bits per heavy atom. The maximum Gasteiger partial charge on any atom is 0.0413 e. The minimum atomic E-state index is 0.642. The van der Waals surface area contributed by atoms with Crippen molar-refractivity contribution in [3.8, 4) is 0 Å². The zero-order valence-electron chi connectivity index (χ0n) is 10.1. The van der Waals surface area contributed by atoms with E-state index in [1.807, 2.05) is 6.07 Å². The summed E-state index contributed by atoms with van der Waals surface area (Å²) in [6.07, 6.45) is 0. The number of para-hydroxylation sites is 1. The van der Waals surface area contributed by atoms with E-state index in [1.54, 1.807) is 0 Å². The van der Waals surface area contributed by atoms with E-state index in [9.17, 15) is 0 Å². The van der Waals surface area contributed by atoms with Gasteiger partial charge in [0.15, 0.2) is 0 Å². The first kappa shape index (κ1) is 11.7. The minimum absolute atomic E-state index is 0.642. The summed E-state index contributed by atoms with van der Waals surface area (Å²) in [6.45, 7) is 3.57. The van der Waals surface area contributed by atoms with Gasteiger partial charge < -0.3 is 10.6 Å². The van der Waals surface area contributed by atoms with Crippen molar-refractivity contribution in [2.24, 2.45) is 5.73 Å². The van der Waals surface area contributed by atoms with Crippen molar-refractivity contribution >= 4 is 11.4 Å². The molecule has 0 spiro atoms. The van der Waals surface area contributed by atoms with Gasteiger partial charge in [0.05, 0.1) is 0 Å². The van der Waals surface area contributed by atoms with Crippen molar-refractivity contribution < 1.29 is 0 Å². The van der Waals surface area contributed by atoms with Crippen LogP contribution in [0.2, 0.25) is 0 Å². The van der Waals surface area contributed by atoms with E-state index in [1.165, 1.54) is 16.9 Å². The van der Waals surface area contributed by atoms with Gasteiger partial charge in [-0.1, -0.05) is 30.3 Å². The van der Waals surface area contributed by atoms with Gasteiger partial charge in [0.1, 0.15) is 0 Å². The molecule has 0 fully saturated rings. The summed E-state index contributed by atoms with van der Waals surface area (Å²) in [5.74, 6) is 0. The van der Waals surface area contributed by atoms with Crippen LogP contribution in [0.5, 0.6) is 0 Å². The summed E-state index contributed by atoms with van der Waals surface area (Å²) >= 11 is 0. The van der Waals surface area contributed by atoms with Gasteiger partial charge in [0, 0.05) is 24.5 Å². The van der Waals surface area contributed by atoms with Crippen molar-refractivity contribution in [2.75, 3.05) is 18.0 Å². The Morgan fingerprint density at radius 3 is 2.29 bits per heavy atom. The molecule has 0 saturated carbocycles. The smallest absolute Gasteiger partial charge is 0.0413 e. The molecule has 0 amide bonds. The lowest BCUT2D eigenvalue weighted by Crippen LogP contribution is -2.24. The first-order chi connectivity index (χ1) is 8.31. The van der Waals surface area contributed by atoms with Gasteiger partial charge in [-0.3, -0.25) is 0 Å². The van der Waals surface area contributed by atoms with Crippen molar-refractivity contribution in [3.05, 3.63) is 60.2 Å². The number of anilines is 2. The molecule has 0 aliphatic heterocycles. The third-order valence-corrected chi connectivity index (χ3v) is 2.73. The van der Waals surface area contributed by atoms with Crippen LogP contribution in [0, 0.1) is 6.92 Å². The van der Waals surface area contributed by atoms with E-state index in [-0.39, 0.29) is 0 Å². The average molecular weight is 226 g/mol. The third kappa shape index (κ3) is 2.86. The number of nitrogens with two attached hydrogens (primary N) is 1. The van der Waals surface area contributed by atoms with E-state index in [0.717, 1.165) is 6.54 Å². The molecule has 88 valence electrons. The third-order valence-electron chi connectivity index (χ3n) is 2.73. The number of benzene rings is 2. The van der Waals surface area contributed by atoms with Gasteiger partial charge >= 0.3 is 0 Å². The lowest BCUT2D eigenvalue weighted by atomic mass is 10.2. The predicted octanol–water partition coefficient (Wildman–Crippen LogP) is 3.09. The molecular weight excluding hydrogens is 208 g/mol. The van der Waals surface area contributed by atoms with E-state index in [4.69, 9.17) is 5.73 Å². The Balaban J connectivity index is 2.35. The fourth-order valence-corrected chi connectivity index (χ4v) is 1.94. The van der Waals surface area contributed by atoms with Crippen LogP contribution in [0.4, 0.5) is 11.4 Å². The Kier molecular flexibility index (Phi) is 3.78. The maximum atomic E-state index is 5.70. The van der Waals surface area contributed by atoms with Gasteiger partial charge in [-0.15, -0.1) is 0 Å². The standard InChI is InChI=1S/C15H18N2/c1-13-6-5-9-15(12-13)17(11-10-16)14-7-3-2-4-8-14/h2-9,12H,10-11,16H2,1H3. The number of rotatable bonds is 4. The van der Waals surface area contributed by atoms with Crippen LogP contribution in [-0.2, 0) is 0 Å². The summed E-state index contributed by atoms with van der Waals surface area (Å²) < 4.78 is 0. The molecule has 2 aromatic carbocycles. The Morgan fingerprint density at radius 2 is 1.65 bits per heavy atom. The molecule has 0 unspecified atom stereocenters. The van der Waals surface area contributed by atoms with Gasteiger partial charge in [0.25, 0.3) is 0 Å². The van der Waals surface area contributed by atoms with E-state index >= 15 is 0 Å². The number of aryl methyl sites for hydroxylation is 1. The van der Waals surface area contributed by atoms with Crippen molar-refractivity contribution in [1.82, 2.24) is 0 Å². The van der Waals surface area contributed by atoms with Crippen LogP contribution in [0.25, 0.3) is 0 Å². The van der Waals surface area contributed by atoms with E-state index < -0.39 is 0 Å². The monoisotopic (exact) mass is 226 g/mol. The van der Waals surface area contributed by atoms with Crippen molar-refractivity contribution in [3.63, 3.8) is 0 Å². The number of nitrogens with zero attached hydrogens (tertiary/aromatic N) is 1. The maximum absolute atomic E-state index is 5.70. The second-order valence-electron chi connectivity index (χ2n) is 4.11. The molecule has 2 N–H and O–H groups in total. The Hall–Kier alpha value is -1.80. The molecule has 0 heterocycles. The molecule has 0 aromatic heterocycles. The molecule has 0 radical (unpaired) electrons. The second-order valence-corrected chi connectivity index (χ2v) is 4.11. The molecule has 0 bridgehead atoms. The molecule has 0 aliphatic rings. The van der Waals surface area contributed by atoms with Crippen LogP contribution in [0.15, 0.2) is 54.6 Å². The zero-order valence-corrected chi connectivity index (χ0v) is 10.1. The van der Waals surface area contributed by atoms with Gasteiger partial charge in [0.2, 0.25) is 0 Å². The van der Waals surface area contributed by atoms with E-state index in [2.05, 4.69) is 60.4 Å².